The second-order valence-electron chi connectivity index (χ2n) is 6.21. The summed E-state index contributed by atoms with van der Waals surface area (Å²) < 4.78 is 26.6. The van der Waals surface area contributed by atoms with E-state index in [-0.39, 0.29) is 17.0 Å². The van der Waals surface area contributed by atoms with Gasteiger partial charge in [0.2, 0.25) is 10.0 Å². The van der Waals surface area contributed by atoms with Gasteiger partial charge in [-0.25, -0.2) is 13.1 Å². The number of sulfonamides is 1. The van der Waals surface area contributed by atoms with Crippen LogP contribution in [0.25, 0.3) is 0 Å². The van der Waals surface area contributed by atoms with Crippen molar-refractivity contribution in [2.24, 2.45) is 0 Å². The van der Waals surface area contributed by atoms with Crippen LogP contribution in [-0.2, 0) is 26.0 Å². The monoisotopic (exact) mass is 369 g/mol. The maximum Gasteiger partial charge on any atom is 0.309 e. The third kappa shape index (κ3) is 7.23. The van der Waals surface area contributed by atoms with Crippen molar-refractivity contribution in [1.29, 1.82) is 0 Å². The van der Waals surface area contributed by atoms with Gasteiger partial charge in [-0.2, -0.15) is 0 Å². The highest BCUT2D eigenvalue weighted by Gasteiger charge is 2.16. The summed E-state index contributed by atoms with van der Waals surface area (Å²) in [5.41, 5.74) is 0.867. The molecule has 0 unspecified atom stereocenters. The maximum absolute atomic E-state index is 12.0. The van der Waals surface area contributed by atoms with Gasteiger partial charge < -0.3 is 10.6 Å². The smallest absolute Gasteiger partial charge is 0.309 e. The lowest BCUT2D eigenvalue weighted by Crippen LogP contribution is -2.43. The zero-order valence-electron chi connectivity index (χ0n) is 15.1. The molecular weight excluding hydrogens is 342 g/mol. The van der Waals surface area contributed by atoms with Crippen molar-refractivity contribution in [2.45, 2.75) is 57.5 Å². The fraction of sp³-hybridized carbons (Fsp3) is 0.529. The van der Waals surface area contributed by atoms with Crippen LogP contribution in [0.4, 0.5) is 0 Å². The van der Waals surface area contributed by atoms with Crippen molar-refractivity contribution in [2.75, 3.05) is 6.54 Å². The van der Waals surface area contributed by atoms with Gasteiger partial charge in [-0.1, -0.05) is 19.1 Å². The summed E-state index contributed by atoms with van der Waals surface area (Å²) in [5, 5.41) is 5.14. The molecule has 3 N–H and O–H groups in total. The molecule has 1 aromatic rings. The topological polar surface area (TPSA) is 104 Å². The Morgan fingerprint density at radius 1 is 1.04 bits per heavy atom. The van der Waals surface area contributed by atoms with Crippen molar-refractivity contribution in [1.82, 2.24) is 15.4 Å². The van der Waals surface area contributed by atoms with Gasteiger partial charge in [-0.15, -0.1) is 0 Å². The Kier molecular flexibility index (Phi) is 8.05. The average Bonchev–Trinajstić information content (AvgIpc) is 2.53. The van der Waals surface area contributed by atoms with E-state index in [9.17, 15) is 18.0 Å². The lowest BCUT2D eigenvalue weighted by Gasteiger charge is -2.11. The minimum atomic E-state index is -3.51. The fourth-order valence-electron chi connectivity index (χ4n) is 2.01. The zero-order valence-corrected chi connectivity index (χ0v) is 15.9. The molecule has 0 aliphatic rings. The van der Waals surface area contributed by atoms with E-state index >= 15 is 0 Å². The van der Waals surface area contributed by atoms with Crippen LogP contribution in [0.1, 0.15) is 39.7 Å². The molecule has 8 heteroatoms. The molecule has 1 aromatic carbocycles. The molecule has 0 saturated heterocycles. The molecular formula is C17H27N3O4S. The van der Waals surface area contributed by atoms with Crippen molar-refractivity contribution in [3.8, 4) is 0 Å². The van der Waals surface area contributed by atoms with Crippen molar-refractivity contribution in [3.63, 3.8) is 0 Å². The molecule has 0 spiro atoms. The number of carbonyl (C=O) groups is 2. The van der Waals surface area contributed by atoms with E-state index in [1.807, 2.05) is 13.8 Å². The highest BCUT2D eigenvalue weighted by atomic mass is 32.2. The van der Waals surface area contributed by atoms with E-state index in [1.54, 1.807) is 26.0 Å². The Labute approximate surface area is 149 Å². The van der Waals surface area contributed by atoms with E-state index in [0.717, 1.165) is 12.0 Å². The number of carbonyl (C=O) groups excluding carboxylic acids is 2. The highest BCUT2D eigenvalue weighted by Crippen LogP contribution is 2.11. The summed E-state index contributed by atoms with van der Waals surface area (Å²) in [6.07, 6.45) is 1.25. The van der Waals surface area contributed by atoms with Gasteiger partial charge in [0.25, 0.3) is 0 Å². The summed E-state index contributed by atoms with van der Waals surface area (Å²) in [7, 11) is -3.51. The van der Waals surface area contributed by atoms with Crippen LogP contribution in [-0.4, -0.2) is 38.9 Å². The summed E-state index contributed by atoms with van der Waals surface area (Å²) in [5.74, 6) is -1.31. The lowest BCUT2D eigenvalue weighted by molar-refractivity contribution is -0.139. The number of benzene rings is 1. The zero-order chi connectivity index (χ0) is 19.0. The molecule has 25 heavy (non-hydrogen) atoms. The number of amides is 2. The summed E-state index contributed by atoms with van der Waals surface area (Å²) >= 11 is 0. The van der Waals surface area contributed by atoms with E-state index in [4.69, 9.17) is 0 Å². The molecule has 0 aliphatic carbocycles. The molecule has 140 valence electrons. The van der Waals surface area contributed by atoms with Crippen LogP contribution in [0.3, 0.4) is 0 Å². The second-order valence-corrected chi connectivity index (χ2v) is 7.92. The lowest BCUT2D eigenvalue weighted by atomic mass is 10.1. The van der Waals surface area contributed by atoms with Crippen molar-refractivity contribution < 1.29 is 18.0 Å². The Bertz CT molecular complexity index is 684. The van der Waals surface area contributed by atoms with Crippen LogP contribution in [0.15, 0.2) is 29.2 Å². The fourth-order valence-corrected chi connectivity index (χ4v) is 3.26. The predicted octanol–water partition coefficient (Wildman–Crippen LogP) is 0.947. The van der Waals surface area contributed by atoms with Gasteiger partial charge in [0.15, 0.2) is 0 Å². The first-order chi connectivity index (χ1) is 11.7. The van der Waals surface area contributed by atoms with Crippen LogP contribution >= 0.6 is 0 Å². The quantitative estimate of drug-likeness (QED) is 0.593. The van der Waals surface area contributed by atoms with Crippen LogP contribution in [0.5, 0.6) is 0 Å². The van der Waals surface area contributed by atoms with Gasteiger partial charge in [0, 0.05) is 18.6 Å². The molecule has 7 nitrogen and oxygen atoms in total. The van der Waals surface area contributed by atoms with Gasteiger partial charge in [-0.05, 0) is 51.3 Å². The predicted molar refractivity (Wildman–Crippen MR) is 96.5 cm³/mol. The number of hydrogen-bond acceptors (Lipinski definition) is 4. The van der Waals surface area contributed by atoms with Crippen molar-refractivity contribution >= 4 is 21.8 Å². The third-order valence-corrected chi connectivity index (χ3v) is 5.19. The molecule has 0 aliphatic heterocycles. The molecule has 0 fully saturated rings. The number of hydrogen-bond donors (Lipinski definition) is 3. The van der Waals surface area contributed by atoms with E-state index < -0.39 is 21.8 Å². The summed E-state index contributed by atoms with van der Waals surface area (Å²) in [4.78, 5) is 23.5. The molecule has 0 aromatic heterocycles. The van der Waals surface area contributed by atoms with E-state index in [2.05, 4.69) is 15.4 Å². The molecule has 1 atom stereocenters. The third-order valence-electron chi connectivity index (χ3n) is 3.52. The highest BCUT2D eigenvalue weighted by molar-refractivity contribution is 7.89. The standard InChI is InChI=1S/C17H27N3O4S/c1-5-13(4)19-17(22)16(21)18-11-10-14-6-8-15(9-7-14)25(23,24)20-12(2)3/h6-9,12-13,20H,5,10-11H2,1-4H3,(H,18,21)(H,19,22)/t13-/m1/s1. The first-order valence-electron chi connectivity index (χ1n) is 8.35. The first-order valence-corrected chi connectivity index (χ1v) is 9.84. The largest absolute Gasteiger partial charge is 0.348 e. The maximum atomic E-state index is 12.0. The van der Waals surface area contributed by atoms with Crippen molar-refractivity contribution in [3.05, 3.63) is 29.8 Å². The Balaban J connectivity index is 2.51. The molecule has 0 saturated carbocycles. The minimum absolute atomic E-state index is 0.0489. The summed E-state index contributed by atoms with van der Waals surface area (Å²) in [6, 6.07) is 6.21. The Hall–Kier alpha value is -1.93. The normalized spacial score (nSPS) is 12.7. The van der Waals surface area contributed by atoms with E-state index in [1.165, 1.54) is 12.1 Å². The Morgan fingerprint density at radius 2 is 1.64 bits per heavy atom. The van der Waals surface area contributed by atoms with Crippen LogP contribution < -0.4 is 15.4 Å². The minimum Gasteiger partial charge on any atom is -0.348 e. The van der Waals surface area contributed by atoms with Crippen LogP contribution in [0.2, 0.25) is 0 Å². The van der Waals surface area contributed by atoms with Crippen LogP contribution in [0, 0.1) is 0 Å². The molecule has 0 radical (unpaired) electrons. The first kappa shape index (κ1) is 21.1. The number of rotatable bonds is 8. The van der Waals surface area contributed by atoms with Gasteiger partial charge in [-0.3, -0.25) is 9.59 Å². The van der Waals surface area contributed by atoms with Gasteiger partial charge in [0.05, 0.1) is 4.90 Å². The number of nitrogens with one attached hydrogen (secondary N) is 3. The van der Waals surface area contributed by atoms with Gasteiger partial charge in [0.1, 0.15) is 0 Å². The molecule has 0 heterocycles. The van der Waals surface area contributed by atoms with E-state index in [0.29, 0.717) is 13.0 Å². The summed E-state index contributed by atoms with van der Waals surface area (Å²) in [6.45, 7) is 7.56. The Morgan fingerprint density at radius 3 is 2.16 bits per heavy atom. The molecule has 1 rings (SSSR count). The second kappa shape index (κ2) is 9.53. The molecule has 0 bridgehead atoms. The SMILES string of the molecule is CC[C@@H](C)NC(=O)C(=O)NCCc1ccc(S(=O)(=O)NC(C)C)cc1. The average molecular weight is 369 g/mol. The van der Waals surface area contributed by atoms with Gasteiger partial charge >= 0.3 is 11.8 Å². The molecule has 2 amide bonds.